The quantitative estimate of drug-likeness (QED) is 0.910. The Morgan fingerprint density at radius 3 is 3.00 bits per heavy atom. The number of aromatic nitrogens is 1. The Hall–Kier alpha value is -2.37. The van der Waals surface area contributed by atoms with Crippen LogP contribution in [0.3, 0.4) is 0 Å². The molecule has 2 aromatic rings. The number of fused-ring (bicyclic) bond motifs is 1. The van der Waals surface area contributed by atoms with Crippen LogP contribution in [0, 0.1) is 5.82 Å². The number of aromatic amines is 1. The maximum Gasteiger partial charge on any atom is 0.305 e. The molecule has 1 aliphatic rings. The zero-order chi connectivity index (χ0) is 15.7. The number of likely N-dealkylation sites (tertiary alicyclic amines) is 1. The zero-order valence-corrected chi connectivity index (χ0v) is 12.0. The normalized spacial score (nSPS) is 18.0. The van der Waals surface area contributed by atoms with Gasteiger partial charge < -0.3 is 15.0 Å². The van der Waals surface area contributed by atoms with Gasteiger partial charge in [0.15, 0.2) is 0 Å². The van der Waals surface area contributed by atoms with E-state index in [1.54, 1.807) is 17.2 Å². The van der Waals surface area contributed by atoms with E-state index in [-0.39, 0.29) is 30.6 Å². The molecule has 2 heterocycles. The molecule has 0 spiro atoms. The summed E-state index contributed by atoms with van der Waals surface area (Å²) in [6, 6.07) is 4.20. The van der Waals surface area contributed by atoms with Crippen LogP contribution in [-0.4, -0.2) is 39.5 Å². The fourth-order valence-electron chi connectivity index (χ4n) is 3.15. The van der Waals surface area contributed by atoms with Crippen LogP contribution in [0.2, 0.25) is 0 Å². The first-order chi connectivity index (χ1) is 10.5. The lowest BCUT2D eigenvalue weighted by molar-refractivity contribution is -0.139. The molecule has 116 valence electrons. The van der Waals surface area contributed by atoms with Gasteiger partial charge in [0.1, 0.15) is 5.82 Å². The molecule has 1 aromatic carbocycles. The molecule has 1 unspecified atom stereocenters. The number of carbonyl (C=O) groups is 2. The van der Waals surface area contributed by atoms with Crippen molar-refractivity contribution < 1.29 is 19.1 Å². The molecule has 1 atom stereocenters. The largest absolute Gasteiger partial charge is 0.481 e. The maximum atomic E-state index is 13.2. The smallest absolute Gasteiger partial charge is 0.305 e. The summed E-state index contributed by atoms with van der Waals surface area (Å²) in [6.07, 6.45) is 3.47. The van der Waals surface area contributed by atoms with Gasteiger partial charge in [0.05, 0.1) is 12.8 Å². The van der Waals surface area contributed by atoms with Crippen molar-refractivity contribution in [3.05, 3.63) is 35.8 Å². The van der Waals surface area contributed by atoms with Crippen LogP contribution in [0.15, 0.2) is 24.4 Å². The van der Waals surface area contributed by atoms with Crippen LogP contribution in [0.4, 0.5) is 4.39 Å². The Labute approximate surface area is 126 Å². The highest BCUT2D eigenvalue weighted by atomic mass is 19.1. The number of carbonyl (C=O) groups excluding carboxylic acids is 1. The van der Waals surface area contributed by atoms with Gasteiger partial charge in [-0.3, -0.25) is 9.59 Å². The molecule has 0 aliphatic carbocycles. The molecule has 2 N–H and O–H groups in total. The number of hydrogen-bond acceptors (Lipinski definition) is 2. The monoisotopic (exact) mass is 304 g/mol. The summed E-state index contributed by atoms with van der Waals surface area (Å²) in [6.45, 7) is 0.605. The van der Waals surface area contributed by atoms with Gasteiger partial charge in [-0.2, -0.15) is 0 Å². The molecule has 1 aromatic heterocycles. The second-order valence-corrected chi connectivity index (χ2v) is 5.66. The molecule has 6 heteroatoms. The fourth-order valence-corrected chi connectivity index (χ4v) is 3.15. The second kappa shape index (κ2) is 5.79. The van der Waals surface area contributed by atoms with Crippen molar-refractivity contribution >= 4 is 22.8 Å². The standard InChI is InChI=1S/C16H17FN2O3/c17-11-3-4-13-10(9-18-14(13)7-11)6-15(20)19-5-1-2-12(19)8-16(21)22/h3-4,7,9,12,18H,1-2,5-6,8H2,(H,21,22). The second-order valence-electron chi connectivity index (χ2n) is 5.66. The van der Waals surface area contributed by atoms with Crippen LogP contribution >= 0.6 is 0 Å². The van der Waals surface area contributed by atoms with E-state index in [1.165, 1.54) is 12.1 Å². The summed E-state index contributed by atoms with van der Waals surface area (Å²) in [5.74, 6) is -1.28. The number of H-pyrrole nitrogens is 1. The summed E-state index contributed by atoms with van der Waals surface area (Å²) in [5, 5.41) is 9.74. The van der Waals surface area contributed by atoms with E-state index < -0.39 is 5.97 Å². The number of aliphatic carboxylic acids is 1. The van der Waals surface area contributed by atoms with Crippen molar-refractivity contribution in [2.45, 2.75) is 31.7 Å². The Kier molecular flexibility index (Phi) is 3.83. The van der Waals surface area contributed by atoms with Crippen molar-refractivity contribution in [3.8, 4) is 0 Å². The Balaban J connectivity index is 1.76. The lowest BCUT2D eigenvalue weighted by Gasteiger charge is -2.23. The van der Waals surface area contributed by atoms with Crippen LogP contribution in [0.5, 0.6) is 0 Å². The number of nitrogens with one attached hydrogen (secondary N) is 1. The van der Waals surface area contributed by atoms with Gasteiger partial charge in [0.2, 0.25) is 5.91 Å². The Bertz CT molecular complexity index is 725. The van der Waals surface area contributed by atoms with Crippen molar-refractivity contribution in [2.24, 2.45) is 0 Å². The number of amides is 1. The first-order valence-corrected chi connectivity index (χ1v) is 7.31. The molecule has 5 nitrogen and oxygen atoms in total. The van der Waals surface area contributed by atoms with E-state index in [2.05, 4.69) is 4.98 Å². The third-order valence-corrected chi connectivity index (χ3v) is 4.18. The third kappa shape index (κ3) is 2.81. The molecule has 1 fully saturated rings. The Morgan fingerprint density at radius 1 is 1.41 bits per heavy atom. The minimum absolute atomic E-state index is 0.00909. The molecular formula is C16H17FN2O3. The zero-order valence-electron chi connectivity index (χ0n) is 12.0. The number of carboxylic acid groups (broad SMARTS) is 1. The lowest BCUT2D eigenvalue weighted by Crippen LogP contribution is -2.37. The molecule has 22 heavy (non-hydrogen) atoms. The van der Waals surface area contributed by atoms with E-state index in [9.17, 15) is 14.0 Å². The van der Waals surface area contributed by atoms with Crippen molar-refractivity contribution in [3.63, 3.8) is 0 Å². The molecule has 1 saturated heterocycles. The highest BCUT2D eigenvalue weighted by molar-refractivity contribution is 5.89. The predicted octanol–water partition coefficient (Wildman–Crippen LogP) is 2.32. The van der Waals surface area contributed by atoms with Gasteiger partial charge in [0, 0.05) is 29.7 Å². The summed E-state index contributed by atoms with van der Waals surface area (Å²) < 4.78 is 13.2. The van der Waals surface area contributed by atoms with Crippen molar-refractivity contribution in [1.29, 1.82) is 0 Å². The van der Waals surface area contributed by atoms with Gasteiger partial charge in [-0.15, -0.1) is 0 Å². The minimum Gasteiger partial charge on any atom is -0.481 e. The molecular weight excluding hydrogens is 287 g/mol. The van der Waals surface area contributed by atoms with E-state index in [4.69, 9.17) is 5.11 Å². The fraction of sp³-hybridized carbons (Fsp3) is 0.375. The van der Waals surface area contributed by atoms with Gasteiger partial charge in [-0.25, -0.2) is 4.39 Å². The van der Waals surface area contributed by atoms with Gasteiger partial charge in [0.25, 0.3) is 0 Å². The van der Waals surface area contributed by atoms with E-state index >= 15 is 0 Å². The molecule has 0 radical (unpaired) electrons. The SMILES string of the molecule is O=C(O)CC1CCCN1C(=O)Cc1c[nH]c2cc(F)ccc12. The van der Waals surface area contributed by atoms with Gasteiger partial charge in [-0.05, 0) is 36.6 Å². The summed E-state index contributed by atoms with van der Waals surface area (Å²) in [5.41, 5.74) is 1.47. The van der Waals surface area contributed by atoms with E-state index in [1.807, 2.05) is 0 Å². The van der Waals surface area contributed by atoms with Crippen LogP contribution in [-0.2, 0) is 16.0 Å². The maximum absolute atomic E-state index is 13.2. The van der Waals surface area contributed by atoms with Gasteiger partial charge in [-0.1, -0.05) is 0 Å². The van der Waals surface area contributed by atoms with E-state index in [0.717, 1.165) is 23.8 Å². The van der Waals surface area contributed by atoms with E-state index in [0.29, 0.717) is 12.1 Å². The predicted molar refractivity (Wildman–Crippen MR) is 78.9 cm³/mol. The molecule has 0 saturated carbocycles. The topological polar surface area (TPSA) is 73.4 Å². The summed E-state index contributed by atoms with van der Waals surface area (Å²) >= 11 is 0. The molecule has 1 amide bonds. The number of carboxylic acids is 1. The number of hydrogen-bond donors (Lipinski definition) is 2. The highest BCUT2D eigenvalue weighted by Crippen LogP contribution is 2.24. The molecule has 1 aliphatic heterocycles. The average Bonchev–Trinajstić information content (AvgIpc) is 3.05. The van der Waals surface area contributed by atoms with Crippen molar-refractivity contribution in [1.82, 2.24) is 9.88 Å². The van der Waals surface area contributed by atoms with Crippen LogP contribution in [0.1, 0.15) is 24.8 Å². The summed E-state index contributed by atoms with van der Waals surface area (Å²) in [7, 11) is 0. The van der Waals surface area contributed by atoms with Crippen LogP contribution < -0.4 is 0 Å². The average molecular weight is 304 g/mol. The summed E-state index contributed by atoms with van der Waals surface area (Å²) in [4.78, 5) is 28.0. The number of halogens is 1. The first kappa shape index (κ1) is 14.6. The number of benzene rings is 1. The first-order valence-electron chi connectivity index (χ1n) is 7.31. The number of rotatable bonds is 4. The van der Waals surface area contributed by atoms with Crippen molar-refractivity contribution in [2.75, 3.05) is 6.54 Å². The molecule has 0 bridgehead atoms. The third-order valence-electron chi connectivity index (χ3n) is 4.18. The lowest BCUT2D eigenvalue weighted by atomic mass is 10.1. The Morgan fingerprint density at radius 2 is 2.23 bits per heavy atom. The highest BCUT2D eigenvalue weighted by Gasteiger charge is 2.30. The van der Waals surface area contributed by atoms with Gasteiger partial charge >= 0.3 is 5.97 Å². The van der Waals surface area contributed by atoms with Crippen LogP contribution in [0.25, 0.3) is 10.9 Å². The number of nitrogens with zero attached hydrogens (tertiary/aromatic N) is 1. The minimum atomic E-state index is -0.882. The molecule has 3 rings (SSSR count).